The maximum absolute atomic E-state index is 5.65. The van der Waals surface area contributed by atoms with Crippen molar-refractivity contribution in [1.29, 1.82) is 0 Å². The van der Waals surface area contributed by atoms with Gasteiger partial charge in [-0.25, -0.2) is 4.98 Å². The number of likely N-dealkylation sites (N-methyl/N-ethyl adjacent to an activating group) is 1. The normalized spacial score (nSPS) is 10.4. The lowest BCUT2D eigenvalue weighted by atomic mass is 10.4. The van der Waals surface area contributed by atoms with Gasteiger partial charge in [-0.2, -0.15) is 0 Å². The summed E-state index contributed by atoms with van der Waals surface area (Å²) in [7, 11) is 4.07. The molecule has 1 aromatic heterocycles. The molecule has 0 amide bonds. The molecular formula is C9H16N4. The lowest BCUT2D eigenvalue weighted by Gasteiger charge is -2.11. The first-order valence-corrected chi connectivity index (χ1v) is 4.29. The highest BCUT2D eigenvalue weighted by molar-refractivity contribution is 5.60. The van der Waals surface area contributed by atoms with Gasteiger partial charge >= 0.3 is 0 Å². The van der Waals surface area contributed by atoms with Crippen LogP contribution in [0.15, 0.2) is 18.3 Å². The Hall–Kier alpha value is -1.29. The van der Waals surface area contributed by atoms with Crippen molar-refractivity contribution in [2.24, 2.45) is 0 Å². The van der Waals surface area contributed by atoms with E-state index in [4.69, 9.17) is 5.73 Å². The average Bonchev–Trinajstić information content (AvgIpc) is 2.08. The summed E-state index contributed by atoms with van der Waals surface area (Å²) < 4.78 is 0. The maximum atomic E-state index is 5.65. The lowest BCUT2D eigenvalue weighted by molar-refractivity contribution is 0.425. The Bertz CT molecular complexity index is 260. The van der Waals surface area contributed by atoms with Gasteiger partial charge in [0.25, 0.3) is 0 Å². The molecule has 0 atom stereocenters. The highest BCUT2D eigenvalue weighted by Gasteiger charge is 1.96. The number of rotatable bonds is 4. The molecule has 1 heterocycles. The first kappa shape index (κ1) is 9.80. The summed E-state index contributed by atoms with van der Waals surface area (Å²) in [5, 5.41) is 3.22. The number of hydrogen-bond acceptors (Lipinski definition) is 4. The SMILES string of the molecule is CN(C)CCNc1cccnc1N. The molecule has 4 heteroatoms. The highest BCUT2D eigenvalue weighted by Crippen LogP contribution is 2.12. The molecule has 0 aliphatic heterocycles. The van der Waals surface area contributed by atoms with Crippen LogP contribution in [0.4, 0.5) is 11.5 Å². The fourth-order valence-corrected chi connectivity index (χ4v) is 0.981. The molecule has 1 aromatic rings. The van der Waals surface area contributed by atoms with Gasteiger partial charge in [-0.3, -0.25) is 0 Å². The van der Waals surface area contributed by atoms with E-state index in [1.54, 1.807) is 6.20 Å². The minimum atomic E-state index is 0.557. The van der Waals surface area contributed by atoms with Crippen LogP contribution in [0, 0.1) is 0 Å². The number of nitrogens with two attached hydrogens (primary N) is 1. The van der Waals surface area contributed by atoms with E-state index in [1.807, 2.05) is 26.2 Å². The second kappa shape index (κ2) is 4.67. The van der Waals surface area contributed by atoms with E-state index in [9.17, 15) is 0 Å². The van der Waals surface area contributed by atoms with Crippen LogP contribution in [0.3, 0.4) is 0 Å². The molecule has 0 fully saturated rings. The van der Waals surface area contributed by atoms with Crippen molar-refractivity contribution in [3.8, 4) is 0 Å². The van der Waals surface area contributed by atoms with Crippen LogP contribution in [0.25, 0.3) is 0 Å². The molecule has 0 saturated heterocycles. The zero-order valence-electron chi connectivity index (χ0n) is 8.12. The predicted octanol–water partition coefficient (Wildman–Crippen LogP) is 0.637. The van der Waals surface area contributed by atoms with Crippen molar-refractivity contribution in [3.05, 3.63) is 18.3 Å². The fourth-order valence-electron chi connectivity index (χ4n) is 0.981. The number of nitrogens with one attached hydrogen (secondary N) is 1. The zero-order valence-corrected chi connectivity index (χ0v) is 8.12. The number of aromatic nitrogens is 1. The zero-order chi connectivity index (χ0) is 9.68. The van der Waals surface area contributed by atoms with E-state index in [1.165, 1.54) is 0 Å². The van der Waals surface area contributed by atoms with E-state index >= 15 is 0 Å². The summed E-state index contributed by atoms with van der Waals surface area (Å²) in [4.78, 5) is 6.09. The molecule has 0 aliphatic carbocycles. The molecule has 3 N–H and O–H groups in total. The Morgan fingerprint density at radius 1 is 1.54 bits per heavy atom. The third kappa shape index (κ3) is 3.29. The van der Waals surface area contributed by atoms with Gasteiger partial charge in [0.1, 0.15) is 5.82 Å². The van der Waals surface area contributed by atoms with Crippen LogP contribution in [0.2, 0.25) is 0 Å². The van der Waals surface area contributed by atoms with E-state index in [0.717, 1.165) is 18.8 Å². The maximum Gasteiger partial charge on any atom is 0.146 e. The first-order chi connectivity index (χ1) is 6.20. The van der Waals surface area contributed by atoms with Crippen molar-refractivity contribution in [2.45, 2.75) is 0 Å². The topological polar surface area (TPSA) is 54.2 Å². The molecule has 0 aromatic carbocycles. The van der Waals surface area contributed by atoms with Crippen molar-refractivity contribution in [1.82, 2.24) is 9.88 Å². The molecule has 0 spiro atoms. The van der Waals surface area contributed by atoms with Crippen molar-refractivity contribution in [2.75, 3.05) is 38.2 Å². The van der Waals surface area contributed by atoms with Crippen molar-refractivity contribution >= 4 is 11.5 Å². The van der Waals surface area contributed by atoms with Gasteiger partial charge < -0.3 is 16.0 Å². The quantitative estimate of drug-likeness (QED) is 0.714. The smallest absolute Gasteiger partial charge is 0.146 e. The molecule has 1 rings (SSSR count). The average molecular weight is 180 g/mol. The predicted molar refractivity (Wildman–Crippen MR) is 55.7 cm³/mol. The van der Waals surface area contributed by atoms with Gasteiger partial charge in [-0.05, 0) is 26.2 Å². The van der Waals surface area contributed by atoms with Crippen LogP contribution in [0.5, 0.6) is 0 Å². The number of pyridine rings is 1. The van der Waals surface area contributed by atoms with Crippen LogP contribution in [0.1, 0.15) is 0 Å². The van der Waals surface area contributed by atoms with E-state index < -0.39 is 0 Å². The summed E-state index contributed by atoms with van der Waals surface area (Å²) in [5.74, 6) is 0.557. The Balaban J connectivity index is 2.41. The van der Waals surface area contributed by atoms with Gasteiger partial charge in [0, 0.05) is 19.3 Å². The second-order valence-corrected chi connectivity index (χ2v) is 3.17. The molecule has 0 aliphatic rings. The van der Waals surface area contributed by atoms with Crippen LogP contribution < -0.4 is 11.1 Å². The Kier molecular flexibility index (Phi) is 3.52. The number of nitrogen functional groups attached to an aromatic ring is 1. The monoisotopic (exact) mass is 180 g/mol. The van der Waals surface area contributed by atoms with Gasteiger partial charge in [-0.15, -0.1) is 0 Å². The largest absolute Gasteiger partial charge is 0.382 e. The number of hydrogen-bond donors (Lipinski definition) is 2. The Morgan fingerprint density at radius 2 is 2.31 bits per heavy atom. The van der Waals surface area contributed by atoms with Gasteiger partial charge in [0.2, 0.25) is 0 Å². The summed E-state index contributed by atoms with van der Waals surface area (Å²) in [6, 6.07) is 3.80. The van der Waals surface area contributed by atoms with E-state index in [2.05, 4.69) is 15.2 Å². The molecule has 0 unspecified atom stereocenters. The first-order valence-electron chi connectivity index (χ1n) is 4.29. The third-order valence-electron chi connectivity index (χ3n) is 1.71. The second-order valence-electron chi connectivity index (χ2n) is 3.17. The van der Waals surface area contributed by atoms with Crippen LogP contribution >= 0.6 is 0 Å². The Morgan fingerprint density at radius 3 is 2.92 bits per heavy atom. The summed E-state index contributed by atoms with van der Waals surface area (Å²) >= 11 is 0. The molecule has 0 saturated carbocycles. The summed E-state index contributed by atoms with van der Waals surface area (Å²) in [6.07, 6.45) is 1.69. The molecule has 72 valence electrons. The van der Waals surface area contributed by atoms with Gasteiger partial charge in [0.15, 0.2) is 0 Å². The molecule has 4 nitrogen and oxygen atoms in total. The minimum Gasteiger partial charge on any atom is -0.382 e. The van der Waals surface area contributed by atoms with E-state index in [0.29, 0.717) is 5.82 Å². The third-order valence-corrected chi connectivity index (χ3v) is 1.71. The number of nitrogens with zero attached hydrogens (tertiary/aromatic N) is 2. The molecule has 13 heavy (non-hydrogen) atoms. The summed E-state index contributed by atoms with van der Waals surface area (Å²) in [6.45, 7) is 1.86. The minimum absolute atomic E-state index is 0.557. The molecule has 0 radical (unpaired) electrons. The number of anilines is 2. The molecule has 0 bridgehead atoms. The van der Waals surface area contributed by atoms with Crippen LogP contribution in [-0.2, 0) is 0 Å². The van der Waals surface area contributed by atoms with Crippen molar-refractivity contribution < 1.29 is 0 Å². The lowest BCUT2D eigenvalue weighted by Crippen LogP contribution is -2.21. The van der Waals surface area contributed by atoms with Crippen molar-refractivity contribution in [3.63, 3.8) is 0 Å². The standard InChI is InChI=1S/C9H16N4/c1-13(2)7-6-11-8-4-3-5-12-9(8)10/h3-5,11H,6-7H2,1-2H3,(H2,10,12). The molecular weight excluding hydrogens is 164 g/mol. The fraction of sp³-hybridized carbons (Fsp3) is 0.444. The van der Waals surface area contributed by atoms with Gasteiger partial charge in [0.05, 0.1) is 5.69 Å². The van der Waals surface area contributed by atoms with E-state index in [-0.39, 0.29) is 0 Å². The summed E-state index contributed by atoms with van der Waals surface area (Å²) in [5.41, 5.74) is 6.56. The Labute approximate surface area is 78.8 Å². The highest BCUT2D eigenvalue weighted by atomic mass is 15.1. The van der Waals surface area contributed by atoms with Gasteiger partial charge in [-0.1, -0.05) is 0 Å². The van der Waals surface area contributed by atoms with Crippen LogP contribution in [-0.4, -0.2) is 37.1 Å².